The van der Waals surface area contributed by atoms with E-state index in [1.54, 1.807) is 30.3 Å². The highest BCUT2D eigenvalue weighted by molar-refractivity contribution is 6.15. The van der Waals surface area contributed by atoms with Crippen LogP contribution >= 0.6 is 0 Å². The van der Waals surface area contributed by atoms with E-state index in [0.717, 1.165) is 10.6 Å². The second kappa shape index (κ2) is 7.03. The number of hydrazone groups is 1. The van der Waals surface area contributed by atoms with E-state index in [4.69, 9.17) is 0 Å². The van der Waals surface area contributed by atoms with E-state index >= 15 is 4.39 Å². The van der Waals surface area contributed by atoms with Crippen molar-refractivity contribution in [2.24, 2.45) is 5.10 Å². The van der Waals surface area contributed by atoms with Crippen molar-refractivity contribution < 1.29 is 14.1 Å². The lowest BCUT2D eigenvalue weighted by molar-refractivity contribution is -0.485. The van der Waals surface area contributed by atoms with Crippen molar-refractivity contribution in [2.45, 2.75) is 25.1 Å². The van der Waals surface area contributed by atoms with Gasteiger partial charge in [0.15, 0.2) is 0 Å². The summed E-state index contributed by atoms with van der Waals surface area (Å²) in [6.07, 6.45) is 0. The first-order valence-corrected chi connectivity index (χ1v) is 8.20. The molecule has 0 aliphatic carbocycles. The Labute approximate surface area is 150 Å². The largest absolute Gasteiger partial charge is 0.287 e. The maximum atomic E-state index is 15.9. The van der Waals surface area contributed by atoms with Gasteiger partial charge in [0.1, 0.15) is 0 Å². The molecule has 7 heteroatoms. The van der Waals surface area contributed by atoms with Gasteiger partial charge in [-0.05, 0) is 18.1 Å². The SMILES string of the molecule is CC1=NN(Cc2ccccc2)C(=O)[C@]1(F)[C@H](C[N+](=O)[O-])c1ccccc1. The number of nitro groups is 1. The molecular weight excluding hydrogens is 337 g/mol. The number of nitrogens with zero attached hydrogens (tertiary/aromatic N) is 3. The molecule has 0 spiro atoms. The molecule has 1 amide bonds. The van der Waals surface area contributed by atoms with Crippen molar-refractivity contribution in [2.75, 3.05) is 6.54 Å². The van der Waals surface area contributed by atoms with Gasteiger partial charge in [0, 0.05) is 4.92 Å². The second-order valence-electron chi connectivity index (χ2n) is 6.22. The third-order valence-corrected chi connectivity index (χ3v) is 4.53. The highest BCUT2D eigenvalue weighted by atomic mass is 19.1. The Bertz CT molecular complexity index is 842. The number of carbonyl (C=O) groups excluding carboxylic acids is 1. The minimum Gasteiger partial charge on any atom is -0.269 e. The van der Waals surface area contributed by atoms with Crippen LogP contribution in [0.25, 0.3) is 0 Å². The number of amides is 1. The fourth-order valence-electron chi connectivity index (χ4n) is 3.20. The number of benzene rings is 2. The zero-order chi connectivity index (χ0) is 18.7. The summed E-state index contributed by atoms with van der Waals surface area (Å²) in [6, 6.07) is 17.3. The smallest absolute Gasteiger partial charge is 0.269 e. The van der Waals surface area contributed by atoms with E-state index in [-0.39, 0.29) is 12.3 Å². The van der Waals surface area contributed by atoms with E-state index in [9.17, 15) is 14.9 Å². The minimum atomic E-state index is -2.54. The lowest BCUT2D eigenvalue weighted by Gasteiger charge is -2.27. The van der Waals surface area contributed by atoms with Crippen molar-refractivity contribution in [3.63, 3.8) is 0 Å². The van der Waals surface area contributed by atoms with Crippen molar-refractivity contribution >= 4 is 11.6 Å². The molecule has 6 nitrogen and oxygen atoms in total. The van der Waals surface area contributed by atoms with Crippen molar-refractivity contribution in [1.82, 2.24) is 5.01 Å². The standard InChI is InChI=1S/C19H18FN3O3/c1-14-19(20,17(13-23(25)26)16-10-6-3-7-11-16)18(24)22(21-14)12-15-8-4-2-5-9-15/h2-11,17H,12-13H2,1H3/t17-,19-/m1/s1. The van der Waals surface area contributed by atoms with Gasteiger partial charge in [-0.3, -0.25) is 14.9 Å². The van der Waals surface area contributed by atoms with Crippen LogP contribution in [0.15, 0.2) is 65.8 Å². The first kappa shape index (κ1) is 17.7. The summed E-state index contributed by atoms with van der Waals surface area (Å²) in [7, 11) is 0. The zero-order valence-electron chi connectivity index (χ0n) is 14.2. The molecule has 0 unspecified atom stereocenters. The van der Waals surface area contributed by atoms with E-state index in [1.807, 2.05) is 30.3 Å². The van der Waals surface area contributed by atoms with Gasteiger partial charge in [-0.25, -0.2) is 9.40 Å². The highest BCUT2D eigenvalue weighted by Crippen LogP contribution is 2.39. The summed E-state index contributed by atoms with van der Waals surface area (Å²) < 4.78 is 15.9. The van der Waals surface area contributed by atoms with Crippen molar-refractivity contribution in [3.8, 4) is 0 Å². The maximum absolute atomic E-state index is 15.9. The average molecular weight is 355 g/mol. The fraction of sp³-hybridized carbons (Fsp3) is 0.263. The molecule has 1 aliphatic rings. The van der Waals surface area contributed by atoms with Gasteiger partial charge in [-0.2, -0.15) is 5.10 Å². The Hall–Kier alpha value is -3.09. The number of hydrogen-bond donors (Lipinski definition) is 0. The van der Waals surface area contributed by atoms with Gasteiger partial charge in [0.25, 0.3) is 5.91 Å². The van der Waals surface area contributed by atoms with Crippen LogP contribution in [0.4, 0.5) is 4.39 Å². The lowest BCUT2D eigenvalue weighted by atomic mass is 9.80. The van der Waals surface area contributed by atoms with Crippen molar-refractivity contribution in [3.05, 3.63) is 81.9 Å². The number of carbonyl (C=O) groups is 1. The van der Waals surface area contributed by atoms with Gasteiger partial charge in [0.05, 0.1) is 18.2 Å². The molecule has 1 aliphatic heterocycles. The monoisotopic (exact) mass is 355 g/mol. The Balaban J connectivity index is 1.95. The van der Waals surface area contributed by atoms with Gasteiger partial charge < -0.3 is 0 Å². The Morgan fingerprint density at radius 2 is 1.73 bits per heavy atom. The Morgan fingerprint density at radius 1 is 1.15 bits per heavy atom. The van der Waals surface area contributed by atoms with E-state index in [0.29, 0.717) is 5.56 Å². The predicted octanol–water partition coefficient (Wildman–Crippen LogP) is 3.17. The predicted molar refractivity (Wildman–Crippen MR) is 95.0 cm³/mol. The van der Waals surface area contributed by atoms with Gasteiger partial charge in [-0.1, -0.05) is 60.7 Å². The molecule has 2 aromatic rings. The summed E-state index contributed by atoms with van der Waals surface area (Å²) >= 11 is 0. The molecule has 0 aromatic heterocycles. The summed E-state index contributed by atoms with van der Waals surface area (Å²) in [5.41, 5.74) is -1.40. The molecule has 2 atom stereocenters. The van der Waals surface area contributed by atoms with Gasteiger partial charge in [0.2, 0.25) is 12.2 Å². The van der Waals surface area contributed by atoms with Crippen molar-refractivity contribution in [1.29, 1.82) is 0 Å². The Kier molecular flexibility index (Phi) is 4.79. The molecule has 2 aromatic carbocycles. The number of rotatable bonds is 6. The average Bonchev–Trinajstić information content (AvgIpc) is 2.85. The molecule has 0 bridgehead atoms. The molecule has 0 N–H and O–H groups in total. The first-order valence-electron chi connectivity index (χ1n) is 8.20. The molecule has 0 radical (unpaired) electrons. The molecule has 0 saturated carbocycles. The number of halogens is 1. The maximum Gasteiger partial charge on any atom is 0.287 e. The second-order valence-corrected chi connectivity index (χ2v) is 6.22. The third-order valence-electron chi connectivity index (χ3n) is 4.53. The lowest BCUT2D eigenvalue weighted by Crippen LogP contribution is -2.48. The quantitative estimate of drug-likeness (QED) is 0.590. The summed E-state index contributed by atoms with van der Waals surface area (Å²) in [5.74, 6) is -2.11. The van der Waals surface area contributed by atoms with Crippen LogP contribution in [0, 0.1) is 10.1 Å². The summed E-state index contributed by atoms with van der Waals surface area (Å²) in [6.45, 7) is 0.819. The first-order chi connectivity index (χ1) is 12.4. The summed E-state index contributed by atoms with van der Waals surface area (Å²) in [5, 5.41) is 16.3. The van der Waals surface area contributed by atoms with Gasteiger partial charge in [-0.15, -0.1) is 0 Å². The molecule has 3 rings (SSSR count). The van der Waals surface area contributed by atoms with Crippen LogP contribution in [0.2, 0.25) is 0 Å². The van der Waals surface area contributed by atoms with Crippen LogP contribution in [0.3, 0.4) is 0 Å². The van der Waals surface area contributed by atoms with E-state index in [1.165, 1.54) is 6.92 Å². The zero-order valence-corrected chi connectivity index (χ0v) is 14.2. The Morgan fingerprint density at radius 3 is 2.31 bits per heavy atom. The van der Waals surface area contributed by atoms with Crippen LogP contribution in [-0.2, 0) is 11.3 Å². The van der Waals surface area contributed by atoms with Crippen LogP contribution in [-0.4, -0.2) is 33.8 Å². The molecule has 1 heterocycles. The normalized spacial score (nSPS) is 20.8. The summed E-state index contributed by atoms with van der Waals surface area (Å²) in [4.78, 5) is 23.4. The van der Waals surface area contributed by atoms with E-state index < -0.39 is 29.0 Å². The minimum absolute atomic E-state index is 0.0610. The molecule has 0 saturated heterocycles. The van der Waals surface area contributed by atoms with Crippen LogP contribution in [0.5, 0.6) is 0 Å². The third kappa shape index (κ3) is 3.20. The number of alkyl halides is 1. The molecule has 26 heavy (non-hydrogen) atoms. The van der Waals surface area contributed by atoms with Crippen LogP contribution < -0.4 is 0 Å². The van der Waals surface area contributed by atoms with Gasteiger partial charge >= 0.3 is 0 Å². The van der Waals surface area contributed by atoms with E-state index in [2.05, 4.69) is 5.10 Å². The molecule has 134 valence electrons. The molecule has 0 fully saturated rings. The van der Waals surface area contributed by atoms with Crippen LogP contribution in [0.1, 0.15) is 24.0 Å². The molecular formula is C19H18FN3O3. The number of hydrogen-bond acceptors (Lipinski definition) is 4. The fourth-order valence-corrected chi connectivity index (χ4v) is 3.20. The highest BCUT2D eigenvalue weighted by Gasteiger charge is 2.57. The topological polar surface area (TPSA) is 75.8 Å².